The van der Waals surface area contributed by atoms with E-state index >= 15 is 0 Å². The molecule has 0 spiro atoms. The predicted octanol–water partition coefficient (Wildman–Crippen LogP) is 1.41. The normalized spacial score (nSPS) is 15.5. The molecule has 1 unspecified atom stereocenters. The van der Waals surface area contributed by atoms with Crippen molar-refractivity contribution in [1.29, 1.82) is 0 Å². The van der Waals surface area contributed by atoms with E-state index in [4.69, 9.17) is 4.74 Å². The molecular weight excluding hydrogens is 246 g/mol. The van der Waals surface area contributed by atoms with Crippen LogP contribution in [0.2, 0.25) is 0 Å². The van der Waals surface area contributed by atoms with Crippen LogP contribution >= 0.6 is 0 Å². The fourth-order valence-electron chi connectivity index (χ4n) is 2.38. The summed E-state index contributed by atoms with van der Waals surface area (Å²) in [5.74, 6) is -1.42. The van der Waals surface area contributed by atoms with Crippen molar-refractivity contribution in [2.45, 2.75) is 18.8 Å². The van der Waals surface area contributed by atoms with E-state index in [1.165, 1.54) is 0 Å². The Labute approximate surface area is 111 Å². The molecule has 1 N–H and O–H groups in total. The Morgan fingerprint density at radius 2 is 2.26 bits per heavy atom. The van der Waals surface area contributed by atoms with Gasteiger partial charge in [-0.05, 0) is 23.6 Å². The summed E-state index contributed by atoms with van der Waals surface area (Å²) in [5.41, 5.74) is 2.49. The van der Waals surface area contributed by atoms with Crippen molar-refractivity contribution in [1.82, 2.24) is 0 Å². The number of carboxylic acid groups (broad SMARTS) is 1. The van der Waals surface area contributed by atoms with Gasteiger partial charge in [0.25, 0.3) is 0 Å². The number of hydrogen-bond acceptors (Lipinski definition) is 3. The molecule has 1 amide bonds. The molecule has 102 valence electrons. The molecule has 1 aromatic carbocycles. The quantitative estimate of drug-likeness (QED) is 0.872. The Morgan fingerprint density at radius 1 is 1.53 bits per heavy atom. The van der Waals surface area contributed by atoms with Crippen LogP contribution in [0.4, 0.5) is 5.69 Å². The molecule has 0 saturated carbocycles. The van der Waals surface area contributed by atoms with E-state index in [0.717, 1.165) is 16.8 Å². The summed E-state index contributed by atoms with van der Waals surface area (Å²) >= 11 is 0. The number of benzene rings is 1. The first-order valence-electron chi connectivity index (χ1n) is 6.15. The molecule has 2 rings (SSSR count). The number of carboxylic acids is 1. The largest absolute Gasteiger partial charge is 0.481 e. The minimum Gasteiger partial charge on any atom is -0.481 e. The van der Waals surface area contributed by atoms with Gasteiger partial charge in [-0.25, -0.2) is 0 Å². The molecular formula is C14H17NO4. The van der Waals surface area contributed by atoms with Gasteiger partial charge in [-0.15, -0.1) is 0 Å². The van der Waals surface area contributed by atoms with Crippen LogP contribution in [-0.2, 0) is 20.7 Å². The highest BCUT2D eigenvalue weighted by Crippen LogP contribution is 2.31. The molecule has 5 heteroatoms. The summed E-state index contributed by atoms with van der Waals surface area (Å²) in [6.45, 7) is 0.396. The molecule has 0 saturated heterocycles. The number of rotatable bonds is 5. The molecule has 5 nitrogen and oxygen atoms in total. The van der Waals surface area contributed by atoms with E-state index < -0.39 is 11.9 Å². The minimum atomic E-state index is -0.866. The van der Waals surface area contributed by atoms with E-state index in [1.54, 1.807) is 25.1 Å². The fourth-order valence-corrected chi connectivity index (χ4v) is 2.38. The van der Waals surface area contributed by atoms with Crippen LogP contribution in [-0.4, -0.2) is 37.7 Å². The van der Waals surface area contributed by atoms with Crippen LogP contribution in [0.1, 0.15) is 23.5 Å². The lowest BCUT2D eigenvalue weighted by molar-refractivity contribution is -0.139. The monoisotopic (exact) mass is 263 g/mol. The third-order valence-electron chi connectivity index (χ3n) is 3.49. The van der Waals surface area contributed by atoms with Gasteiger partial charge in [0.1, 0.15) is 0 Å². The molecule has 0 aromatic heterocycles. The molecule has 0 fully saturated rings. The number of carbonyl (C=O) groups is 2. The van der Waals surface area contributed by atoms with Gasteiger partial charge in [0, 0.05) is 26.5 Å². The maximum Gasteiger partial charge on any atom is 0.311 e. The van der Waals surface area contributed by atoms with Gasteiger partial charge in [0.05, 0.1) is 12.3 Å². The number of nitrogens with zero attached hydrogens (tertiary/aromatic N) is 1. The van der Waals surface area contributed by atoms with Crippen LogP contribution in [0.15, 0.2) is 18.2 Å². The Bertz CT molecular complexity index is 512. The SMILES string of the molecule is COCCC(C(=O)O)c1ccc2c(c1)CC(=O)N2C. The summed E-state index contributed by atoms with van der Waals surface area (Å²) in [4.78, 5) is 24.5. The van der Waals surface area contributed by atoms with Gasteiger partial charge < -0.3 is 14.7 Å². The number of likely N-dealkylation sites (N-methyl/N-ethyl adjacent to an activating group) is 1. The first kappa shape index (κ1) is 13.5. The van der Waals surface area contributed by atoms with Gasteiger partial charge in [-0.2, -0.15) is 0 Å². The third-order valence-corrected chi connectivity index (χ3v) is 3.49. The molecule has 0 aliphatic carbocycles. The number of aliphatic carboxylic acids is 1. The second kappa shape index (κ2) is 5.40. The molecule has 0 bridgehead atoms. The number of fused-ring (bicyclic) bond motifs is 1. The van der Waals surface area contributed by atoms with E-state index in [9.17, 15) is 14.7 Å². The van der Waals surface area contributed by atoms with Gasteiger partial charge in [0.15, 0.2) is 0 Å². The molecule has 1 aliphatic heterocycles. The number of carbonyl (C=O) groups excluding carboxylic acids is 1. The average molecular weight is 263 g/mol. The Balaban J connectivity index is 2.28. The highest BCUT2D eigenvalue weighted by Gasteiger charge is 2.26. The fraction of sp³-hybridized carbons (Fsp3) is 0.429. The standard InChI is InChI=1S/C14H17NO4/c1-15-12-4-3-9(7-10(12)8-13(15)16)11(14(17)18)5-6-19-2/h3-4,7,11H,5-6,8H2,1-2H3,(H,17,18). The number of amides is 1. The Kier molecular flexibility index (Phi) is 3.85. The summed E-state index contributed by atoms with van der Waals surface area (Å²) in [6, 6.07) is 5.42. The minimum absolute atomic E-state index is 0.0379. The number of ether oxygens (including phenoxy) is 1. The number of hydrogen-bond donors (Lipinski definition) is 1. The summed E-state index contributed by atoms with van der Waals surface area (Å²) in [7, 11) is 3.28. The van der Waals surface area contributed by atoms with Crippen molar-refractivity contribution in [2.75, 3.05) is 25.7 Å². The van der Waals surface area contributed by atoms with Gasteiger partial charge in [-0.3, -0.25) is 9.59 Å². The van der Waals surface area contributed by atoms with Gasteiger partial charge in [0.2, 0.25) is 5.91 Å². The lowest BCUT2D eigenvalue weighted by Crippen LogP contribution is -2.20. The van der Waals surface area contributed by atoms with Crippen molar-refractivity contribution in [3.05, 3.63) is 29.3 Å². The van der Waals surface area contributed by atoms with Crippen molar-refractivity contribution in [3.8, 4) is 0 Å². The first-order valence-corrected chi connectivity index (χ1v) is 6.15. The van der Waals surface area contributed by atoms with Crippen molar-refractivity contribution < 1.29 is 19.4 Å². The maximum atomic E-state index is 11.6. The zero-order valence-electron chi connectivity index (χ0n) is 11.0. The highest BCUT2D eigenvalue weighted by atomic mass is 16.5. The molecule has 1 heterocycles. The summed E-state index contributed by atoms with van der Waals surface area (Å²) in [6.07, 6.45) is 0.769. The van der Waals surface area contributed by atoms with E-state index in [-0.39, 0.29) is 5.91 Å². The van der Waals surface area contributed by atoms with Crippen LogP contribution in [0, 0.1) is 0 Å². The molecule has 1 atom stereocenters. The van der Waals surface area contributed by atoms with E-state index in [1.807, 2.05) is 12.1 Å². The van der Waals surface area contributed by atoms with Crippen LogP contribution in [0.25, 0.3) is 0 Å². The van der Waals surface area contributed by atoms with Crippen LogP contribution < -0.4 is 4.90 Å². The van der Waals surface area contributed by atoms with Gasteiger partial charge in [-0.1, -0.05) is 12.1 Å². The smallest absolute Gasteiger partial charge is 0.311 e. The van der Waals surface area contributed by atoms with Crippen molar-refractivity contribution >= 4 is 17.6 Å². The van der Waals surface area contributed by atoms with Crippen LogP contribution in [0.3, 0.4) is 0 Å². The number of methoxy groups -OCH3 is 1. The molecule has 19 heavy (non-hydrogen) atoms. The van der Waals surface area contributed by atoms with Crippen molar-refractivity contribution in [3.63, 3.8) is 0 Å². The Morgan fingerprint density at radius 3 is 2.89 bits per heavy atom. The number of anilines is 1. The highest BCUT2D eigenvalue weighted by molar-refractivity contribution is 6.01. The summed E-state index contributed by atoms with van der Waals surface area (Å²) < 4.78 is 4.95. The second-order valence-electron chi connectivity index (χ2n) is 4.69. The summed E-state index contributed by atoms with van der Waals surface area (Å²) in [5, 5.41) is 9.27. The molecule has 0 radical (unpaired) electrons. The third kappa shape index (κ3) is 2.61. The van der Waals surface area contributed by atoms with Gasteiger partial charge >= 0.3 is 5.97 Å². The maximum absolute atomic E-state index is 11.6. The second-order valence-corrected chi connectivity index (χ2v) is 4.69. The average Bonchev–Trinajstić information content (AvgIpc) is 2.65. The van der Waals surface area contributed by atoms with E-state index in [0.29, 0.717) is 19.4 Å². The van der Waals surface area contributed by atoms with E-state index in [2.05, 4.69) is 0 Å². The zero-order chi connectivity index (χ0) is 14.0. The lowest BCUT2D eigenvalue weighted by Gasteiger charge is -2.15. The van der Waals surface area contributed by atoms with Crippen LogP contribution in [0.5, 0.6) is 0 Å². The zero-order valence-corrected chi connectivity index (χ0v) is 11.0. The predicted molar refractivity (Wildman–Crippen MR) is 70.4 cm³/mol. The topological polar surface area (TPSA) is 66.8 Å². The Hall–Kier alpha value is -1.88. The lowest BCUT2D eigenvalue weighted by atomic mass is 9.94. The molecule has 1 aromatic rings. The van der Waals surface area contributed by atoms with Crippen molar-refractivity contribution in [2.24, 2.45) is 0 Å². The molecule has 1 aliphatic rings. The first-order chi connectivity index (χ1) is 9.04.